The number of hydrogen-bond acceptors (Lipinski definition) is 2. The first-order chi connectivity index (χ1) is 8.00. The van der Waals surface area contributed by atoms with Crippen LogP contribution >= 0.6 is 0 Å². The summed E-state index contributed by atoms with van der Waals surface area (Å²) in [6.45, 7) is 1.40. The molecule has 0 heterocycles. The first kappa shape index (κ1) is 13.9. The van der Waals surface area contributed by atoms with Crippen molar-refractivity contribution in [3.8, 4) is 5.75 Å². The molecule has 1 aromatic rings. The summed E-state index contributed by atoms with van der Waals surface area (Å²) < 4.78 is 28.9. The molecule has 0 aliphatic rings. The predicted octanol–water partition coefficient (Wildman–Crippen LogP) is 3.72. The zero-order valence-corrected chi connectivity index (χ0v) is 10.2. The van der Waals surface area contributed by atoms with Crippen LogP contribution in [0.4, 0.5) is 8.78 Å². The van der Waals surface area contributed by atoms with Gasteiger partial charge < -0.3 is 10.5 Å². The Morgan fingerprint density at radius 1 is 1.18 bits per heavy atom. The molecule has 2 nitrogen and oxygen atoms in total. The van der Waals surface area contributed by atoms with Crippen molar-refractivity contribution in [1.82, 2.24) is 0 Å². The fraction of sp³-hybridized carbons (Fsp3) is 0.538. The van der Waals surface area contributed by atoms with Crippen LogP contribution in [0, 0.1) is 5.92 Å². The van der Waals surface area contributed by atoms with E-state index in [4.69, 9.17) is 5.73 Å². The van der Waals surface area contributed by atoms with Gasteiger partial charge in [0, 0.05) is 11.6 Å². The zero-order valence-electron chi connectivity index (χ0n) is 10.2. The van der Waals surface area contributed by atoms with Crippen LogP contribution in [0.3, 0.4) is 0 Å². The topological polar surface area (TPSA) is 35.2 Å². The van der Waals surface area contributed by atoms with Crippen molar-refractivity contribution in [1.29, 1.82) is 0 Å². The van der Waals surface area contributed by atoms with Crippen LogP contribution in [0.1, 0.15) is 38.3 Å². The highest BCUT2D eigenvalue weighted by molar-refractivity contribution is 5.35. The number of benzene rings is 1. The van der Waals surface area contributed by atoms with Gasteiger partial charge in [0.25, 0.3) is 0 Å². The summed E-state index contributed by atoms with van der Waals surface area (Å²) in [5, 5.41) is 0. The van der Waals surface area contributed by atoms with Crippen LogP contribution in [0.25, 0.3) is 0 Å². The molecule has 0 bridgehead atoms. The van der Waals surface area contributed by atoms with Crippen LogP contribution < -0.4 is 10.5 Å². The van der Waals surface area contributed by atoms with Gasteiger partial charge in [-0.25, -0.2) is 0 Å². The minimum absolute atomic E-state index is 0.179. The molecule has 0 radical (unpaired) electrons. The van der Waals surface area contributed by atoms with Crippen LogP contribution in [0.2, 0.25) is 0 Å². The Hall–Kier alpha value is -1.16. The summed E-state index contributed by atoms with van der Waals surface area (Å²) >= 11 is 0. The normalized spacial score (nSPS) is 13.1. The average Bonchev–Trinajstić information content (AvgIpc) is 2.25. The molecule has 1 atom stereocenters. The molecule has 1 aromatic carbocycles. The minimum atomic E-state index is -2.81. The van der Waals surface area contributed by atoms with Crippen LogP contribution in [0.15, 0.2) is 24.3 Å². The largest absolute Gasteiger partial charge is 0.434 e. The lowest BCUT2D eigenvalue weighted by atomic mass is 9.98. The fourth-order valence-electron chi connectivity index (χ4n) is 1.66. The van der Waals surface area contributed by atoms with E-state index in [1.807, 2.05) is 0 Å². The second-order valence-electron chi connectivity index (χ2n) is 4.49. The quantitative estimate of drug-likeness (QED) is 0.826. The van der Waals surface area contributed by atoms with Gasteiger partial charge in [-0.3, -0.25) is 0 Å². The Kier molecular flexibility index (Phi) is 5.35. The molecule has 0 spiro atoms. The Morgan fingerprint density at radius 3 is 2.41 bits per heavy atom. The standard InChI is InChI=1S/C13H19F2NO/c1-9(2)7-8-11(16)10-5-3-4-6-12(10)17-13(14)15/h3-6,9,11,13H,7-8,16H2,1-2H3. The second-order valence-corrected chi connectivity index (χ2v) is 4.49. The number of halogens is 2. The monoisotopic (exact) mass is 243 g/mol. The number of nitrogens with two attached hydrogens (primary N) is 1. The summed E-state index contributed by atoms with van der Waals surface area (Å²) in [4.78, 5) is 0. The first-order valence-electron chi connectivity index (χ1n) is 5.80. The molecule has 0 amide bonds. The smallest absolute Gasteiger partial charge is 0.387 e. The van der Waals surface area contributed by atoms with Crippen molar-refractivity contribution in [2.24, 2.45) is 11.7 Å². The molecule has 2 N–H and O–H groups in total. The van der Waals surface area contributed by atoms with E-state index in [0.717, 1.165) is 12.8 Å². The van der Waals surface area contributed by atoms with E-state index < -0.39 is 6.61 Å². The Morgan fingerprint density at radius 2 is 1.82 bits per heavy atom. The van der Waals surface area contributed by atoms with Crippen molar-refractivity contribution in [3.63, 3.8) is 0 Å². The van der Waals surface area contributed by atoms with Gasteiger partial charge in [0.2, 0.25) is 0 Å². The number of para-hydroxylation sites is 1. The second kappa shape index (κ2) is 6.55. The first-order valence-corrected chi connectivity index (χ1v) is 5.80. The summed E-state index contributed by atoms with van der Waals surface area (Å²) in [6, 6.07) is 6.45. The highest BCUT2D eigenvalue weighted by Gasteiger charge is 2.14. The maximum Gasteiger partial charge on any atom is 0.387 e. The van der Waals surface area contributed by atoms with Gasteiger partial charge in [0.15, 0.2) is 0 Å². The molecule has 0 fully saturated rings. The van der Waals surface area contributed by atoms with Gasteiger partial charge in [-0.2, -0.15) is 8.78 Å². The molecule has 96 valence electrons. The molecule has 0 saturated heterocycles. The Labute approximate surface area is 101 Å². The van der Waals surface area contributed by atoms with Gasteiger partial charge in [0.05, 0.1) is 0 Å². The minimum Gasteiger partial charge on any atom is -0.434 e. The van der Waals surface area contributed by atoms with Crippen molar-refractivity contribution in [2.45, 2.75) is 39.3 Å². The van der Waals surface area contributed by atoms with Crippen LogP contribution in [-0.4, -0.2) is 6.61 Å². The number of ether oxygens (including phenoxy) is 1. The van der Waals surface area contributed by atoms with E-state index in [1.54, 1.807) is 18.2 Å². The van der Waals surface area contributed by atoms with Crippen molar-refractivity contribution in [3.05, 3.63) is 29.8 Å². The van der Waals surface area contributed by atoms with E-state index in [1.165, 1.54) is 6.07 Å². The van der Waals surface area contributed by atoms with E-state index >= 15 is 0 Å². The molecule has 0 saturated carbocycles. The molecule has 4 heteroatoms. The Balaban J connectivity index is 2.74. The molecule has 0 aromatic heterocycles. The molecule has 0 aliphatic carbocycles. The summed E-state index contributed by atoms with van der Waals surface area (Å²) in [6.07, 6.45) is 1.73. The van der Waals surface area contributed by atoms with E-state index in [0.29, 0.717) is 11.5 Å². The predicted molar refractivity (Wildman–Crippen MR) is 64.1 cm³/mol. The lowest BCUT2D eigenvalue weighted by Crippen LogP contribution is -2.14. The van der Waals surface area contributed by atoms with E-state index in [9.17, 15) is 8.78 Å². The lowest BCUT2D eigenvalue weighted by Gasteiger charge is -2.17. The Bertz CT molecular complexity index is 342. The van der Waals surface area contributed by atoms with Gasteiger partial charge in [0.1, 0.15) is 5.75 Å². The van der Waals surface area contributed by atoms with Crippen molar-refractivity contribution >= 4 is 0 Å². The third-order valence-electron chi connectivity index (χ3n) is 2.59. The molecular weight excluding hydrogens is 224 g/mol. The third-order valence-corrected chi connectivity index (χ3v) is 2.59. The van der Waals surface area contributed by atoms with Crippen LogP contribution in [-0.2, 0) is 0 Å². The average molecular weight is 243 g/mol. The SMILES string of the molecule is CC(C)CCC(N)c1ccccc1OC(F)F. The molecule has 17 heavy (non-hydrogen) atoms. The van der Waals surface area contributed by atoms with Gasteiger partial charge in [-0.15, -0.1) is 0 Å². The molecule has 1 unspecified atom stereocenters. The van der Waals surface area contributed by atoms with Gasteiger partial charge >= 0.3 is 6.61 Å². The molecular formula is C13H19F2NO. The number of alkyl halides is 2. The van der Waals surface area contributed by atoms with E-state index in [-0.39, 0.29) is 11.8 Å². The van der Waals surface area contributed by atoms with Gasteiger partial charge in [-0.05, 0) is 24.8 Å². The maximum atomic E-state index is 12.2. The summed E-state index contributed by atoms with van der Waals surface area (Å²) in [5.74, 6) is 0.725. The summed E-state index contributed by atoms with van der Waals surface area (Å²) in [7, 11) is 0. The van der Waals surface area contributed by atoms with Crippen molar-refractivity contribution in [2.75, 3.05) is 0 Å². The van der Waals surface area contributed by atoms with Crippen molar-refractivity contribution < 1.29 is 13.5 Å². The van der Waals surface area contributed by atoms with Gasteiger partial charge in [-0.1, -0.05) is 32.0 Å². The highest BCUT2D eigenvalue weighted by Crippen LogP contribution is 2.28. The summed E-state index contributed by atoms with van der Waals surface area (Å²) in [5.41, 5.74) is 6.64. The molecule has 1 rings (SSSR count). The number of rotatable bonds is 6. The lowest BCUT2D eigenvalue weighted by molar-refractivity contribution is -0.0506. The zero-order chi connectivity index (χ0) is 12.8. The van der Waals surface area contributed by atoms with Crippen LogP contribution in [0.5, 0.6) is 5.75 Å². The fourth-order valence-corrected chi connectivity index (χ4v) is 1.66. The highest BCUT2D eigenvalue weighted by atomic mass is 19.3. The molecule has 0 aliphatic heterocycles. The number of hydrogen-bond donors (Lipinski definition) is 1. The van der Waals surface area contributed by atoms with E-state index in [2.05, 4.69) is 18.6 Å². The maximum absolute atomic E-state index is 12.2. The third kappa shape index (κ3) is 4.69.